The fourth-order valence-electron chi connectivity index (χ4n) is 0.871. The molecule has 4 heteroatoms. The van der Waals surface area contributed by atoms with Gasteiger partial charge in [0.25, 0.3) is 6.47 Å². The normalized spacial score (nSPS) is 16.6. The van der Waals surface area contributed by atoms with Crippen molar-refractivity contribution in [2.24, 2.45) is 0 Å². The number of ketones is 1. The Kier molecular flexibility index (Phi) is 6.12. The van der Waals surface area contributed by atoms with Crippen LogP contribution >= 0.6 is 0 Å². The molecular formula is C10H19NO3. The van der Waals surface area contributed by atoms with Gasteiger partial charge in [0.05, 0.1) is 6.54 Å². The van der Waals surface area contributed by atoms with Gasteiger partial charge in [-0.1, -0.05) is 0 Å². The van der Waals surface area contributed by atoms with Crippen LogP contribution in [0.3, 0.4) is 0 Å². The smallest absolute Gasteiger partial charge is 0.293 e. The van der Waals surface area contributed by atoms with Crippen molar-refractivity contribution in [2.75, 3.05) is 13.1 Å². The van der Waals surface area contributed by atoms with E-state index in [1.807, 2.05) is 20.8 Å². The highest BCUT2D eigenvalue weighted by molar-refractivity contribution is 5.80. The predicted molar refractivity (Wildman–Crippen MR) is 54.0 cm³/mol. The van der Waals surface area contributed by atoms with Crippen LogP contribution in [0.4, 0.5) is 0 Å². The fraction of sp³-hybridized carbons (Fsp3) is 0.800. The zero-order valence-corrected chi connectivity index (χ0v) is 9.13. The summed E-state index contributed by atoms with van der Waals surface area (Å²) in [5.41, 5.74) is -0.318. The highest BCUT2D eigenvalue weighted by Gasteiger charge is 2.07. The second-order valence-corrected chi connectivity index (χ2v) is 4.15. The van der Waals surface area contributed by atoms with Gasteiger partial charge in [-0.15, -0.1) is 0 Å². The molecule has 0 aromatic carbocycles. The van der Waals surface area contributed by atoms with E-state index in [9.17, 15) is 9.59 Å². The summed E-state index contributed by atoms with van der Waals surface area (Å²) in [7, 11) is 0. The molecule has 1 rings (SSSR count). The molecule has 1 fully saturated rings. The van der Waals surface area contributed by atoms with Crippen LogP contribution in [0.5, 0.6) is 0 Å². The third-order valence-electron chi connectivity index (χ3n) is 1.53. The lowest BCUT2D eigenvalue weighted by atomic mass is 10.1. The standard InChI is InChI=1S/C5H9NO.C5H10O2/c7-5-2-1-3-6-4-5;1-5(2,3)7-4-6/h6H,1-4H2;4H,1-3H3. The maximum atomic E-state index is 10.4. The first-order valence-corrected chi connectivity index (χ1v) is 4.79. The highest BCUT2D eigenvalue weighted by Crippen LogP contribution is 2.02. The van der Waals surface area contributed by atoms with Gasteiger partial charge in [0.15, 0.2) is 0 Å². The van der Waals surface area contributed by atoms with Crippen molar-refractivity contribution in [3.05, 3.63) is 0 Å². The second kappa shape index (κ2) is 6.54. The zero-order valence-electron chi connectivity index (χ0n) is 9.13. The average Bonchev–Trinajstić information content (AvgIpc) is 2.04. The van der Waals surface area contributed by atoms with Crippen molar-refractivity contribution in [3.63, 3.8) is 0 Å². The number of carbonyl (C=O) groups is 2. The third-order valence-corrected chi connectivity index (χ3v) is 1.53. The minimum atomic E-state index is -0.318. The summed E-state index contributed by atoms with van der Waals surface area (Å²) < 4.78 is 4.55. The molecule has 1 saturated heterocycles. The van der Waals surface area contributed by atoms with Crippen LogP contribution in [0.2, 0.25) is 0 Å². The first kappa shape index (κ1) is 13.1. The molecule has 0 aromatic heterocycles. The molecular weight excluding hydrogens is 182 g/mol. The number of ether oxygens (including phenoxy) is 1. The van der Waals surface area contributed by atoms with Crippen molar-refractivity contribution in [3.8, 4) is 0 Å². The topological polar surface area (TPSA) is 55.4 Å². The van der Waals surface area contributed by atoms with E-state index in [1.54, 1.807) is 0 Å². The second-order valence-electron chi connectivity index (χ2n) is 4.15. The Morgan fingerprint density at radius 3 is 2.21 bits per heavy atom. The Morgan fingerprint density at radius 1 is 1.43 bits per heavy atom. The van der Waals surface area contributed by atoms with Crippen LogP contribution in [0.15, 0.2) is 0 Å². The molecule has 0 atom stereocenters. The zero-order chi connectivity index (χ0) is 11.0. The molecule has 0 aromatic rings. The summed E-state index contributed by atoms with van der Waals surface area (Å²) in [6.07, 6.45) is 1.81. The van der Waals surface area contributed by atoms with Gasteiger partial charge in [-0.2, -0.15) is 0 Å². The number of carbonyl (C=O) groups excluding carboxylic acids is 2. The van der Waals surface area contributed by atoms with Crippen LogP contribution in [-0.4, -0.2) is 30.9 Å². The maximum Gasteiger partial charge on any atom is 0.293 e. The summed E-state index contributed by atoms with van der Waals surface area (Å²) in [6.45, 7) is 7.54. The van der Waals surface area contributed by atoms with Crippen molar-refractivity contribution in [1.29, 1.82) is 0 Å². The maximum absolute atomic E-state index is 10.4. The molecule has 0 radical (unpaired) electrons. The van der Waals surface area contributed by atoms with Crippen molar-refractivity contribution < 1.29 is 14.3 Å². The van der Waals surface area contributed by atoms with Crippen LogP contribution in [0, 0.1) is 0 Å². The number of hydrogen-bond donors (Lipinski definition) is 1. The van der Waals surface area contributed by atoms with Crippen molar-refractivity contribution >= 4 is 12.3 Å². The monoisotopic (exact) mass is 201 g/mol. The minimum Gasteiger partial charge on any atom is -0.462 e. The molecule has 1 aliphatic rings. The van der Waals surface area contributed by atoms with E-state index in [1.165, 1.54) is 0 Å². The lowest BCUT2D eigenvalue weighted by molar-refractivity contribution is -0.138. The molecule has 1 N–H and O–H groups in total. The predicted octanol–water partition coefficient (Wildman–Crippen LogP) is 0.897. The van der Waals surface area contributed by atoms with Crippen LogP contribution in [-0.2, 0) is 14.3 Å². The number of rotatable bonds is 1. The van der Waals surface area contributed by atoms with Gasteiger partial charge in [-0.3, -0.25) is 9.59 Å². The lowest BCUT2D eigenvalue weighted by Gasteiger charge is -2.14. The molecule has 0 spiro atoms. The number of nitrogens with one attached hydrogen (secondary N) is 1. The van der Waals surface area contributed by atoms with E-state index in [2.05, 4.69) is 10.1 Å². The Balaban J connectivity index is 0.000000241. The summed E-state index contributed by atoms with van der Waals surface area (Å²) >= 11 is 0. The van der Waals surface area contributed by atoms with E-state index in [4.69, 9.17) is 0 Å². The van der Waals surface area contributed by atoms with Gasteiger partial charge in [-0.25, -0.2) is 0 Å². The quantitative estimate of drug-likeness (QED) is 0.640. The molecule has 0 bridgehead atoms. The SMILES string of the molecule is CC(C)(C)OC=O.O=C1CCCNC1. The van der Waals surface area contributed by atoms with Crippen LogP contribution < -0.4 is 5.32 Å². The van der Waals surface area contributed by atoms with E-state index >= 15 is 0 Å². The molecule has 0 saturated carbocycles. The Labute approximate surface area is 85.0 Å². The molecule has 0 amide bonds. The lowest BCUT2D eigenvalue weighted by Crippen LogP contribution is -2.29. The Morgan fingerprint density at radius 2 is 2.07 bits per heavy atom. The van der Waals surface area contributed by atoms with Gasteiger partial charge >= 0.3 is 0 Å². The minimum absolute atomic E-state index is 0.318. The highest BCUT2D eigenvalue weighted by atomic mass is 16.5. The Bertz CT molecular complexity index is 176. The van der Waals surface area contributed by atoms with E-state index in [0.29, 0.717) is 18.8 Å². The first-order valence-electron chi connectivity index (χ1n) is 4.79. The summed E-state index contributed by atoms with van der Waals surface area (Å²) in [5.74, 6) is 0.353. The van der Waals surface area contributed by atoms with Gasteiger partial charge < -0.3 is 10.1 Å². The summed E-state index contributed by atoms with van der Waals surface area (Å²) in [6, 6.07) is 0. The Hall–Kier alpha value is -0.900. The molecule has 82 valence electrons. The van der Waals surface area contributed by atoms with Crippen LogP contribution in [0.1, 0.15) is 33.6 Å². The summed E-state index contributed by atoms with van der Waals surface area (Å²) in [4.78, 5) is 20.0. The van der Waals surface area contributed by atoms with E-state index < -0.39 is 0 Å². The average molecular weight is 201 g/mol. The molecule has 0 unspecified atom stereocenters. The number of piperidine rings is 1. The van der Waals surface area contributed by atoms with Crippen molar-refractivity contribution in [1.82, 2.24) is 5.32 Å². The first-order chi connectivity index (χ1) is 6.45. The molecule has 0 aliphatic carbocycles. The van der Waals surface area contributed by atoms with Crippen LogP contribution in [0.25, 0.3) is 0 Å². The largest absolute Gasteiger partial charge is 0.462 e. The van der Waals surface area contributed by atoms with Gasteiger partial charge in [0.1, 0.15) is 11.4 Å². The van der Waals surface area contributed by atoms with Gasteiger partial charge in [0.2, 0.25) is 0 Å². The number of Topliss-reactive ketones (excluding diaryl/α,β-unsaturated/α-hetero) is 1. The van der Waals surface area contributed by atoms with E-state index in [0.717, 1.165) is 19.4 Å². The molecule has 1 heterocycles. The van der Waals surface area contributed by atoms with Gasteiger partial charge in [-0.05, 0) is 33.7 Å². The molecule has 4 nitrogen and oxygen atoms in total. The third kappa shape index (κ3) is 9.19. The van der Waals surface area contributed by atoms with Crippen molar-refractivity contribution in [2.45, 2.75) is 39.2 Å². The molecule has 14 heavy (non-hydrogen) atoms. The van der Waals surface area contributed by atoms with Gasteiger partial charge in [0, 0.05) is 6.42 Å². The number of hydrogen-bond acceptors (Lipinski definition) is 4. The fourth-order valence-corrected chi connectivity index (χ4v) is 0.871. The summed E-state index contributed by atoms with van der Waals surface area (Å²) in [5, 5.41) is 2.98. The van der Waals surface area contributed by atoms with E-state index in [-0.39, 0.29) is 5.60 Å². The molecule has 1 aliphatic heterocycles.